The molecule has 0 aliphatic rings. The first kappa shape index (κ1) is 16.7. The minimum atomic E-state index is -0.677. The normalized spacial score (nSPS) is 11.5. The van der Waals surface area contributed by atoms with Crippen molar-refractivity contribution < 1.29 is 9.59 Å². The summed E-state index contributed by atoms with van der Waals surface area (Å²) in [5.74, 6) is -1.31. The van der Waals surface area contributed by atoms with Crippen LogP contribution >= 0.6 is 12.4 Å². The first-order valence-corrected chi connectivity index (χ1v) is 6.17. The maximum absolute atomic E-state index is 11.6. The predicted octanol–water partition coefficient (Wildman–Crippen LogP) is 1.42. The van der Waals surface area contributed by atoms with Crippen LogP contribution in [0.5, 0.6) is 0 Å². The van der Waals surface area contributed by atoms with Crippen molar-refractivity contribution in [2.45, 2.75) is 19.9 Å². The molecule has 0 radical (unpaired) electrons. The van der Waals surface area contributed by atoms with Crippen molar-refractivity contribution in [3.63, 3.8) is 0 Å². The molecule has 1 aromatic carbocycles. The number of hydrogen-bond donors (Lipinski definition) is 2. The summed E-state index contributed by atoms with van der Waals surface area (Å²) in [4.78, 5) is 23.0. The number of nitrogens with zero attached hydrogens (tertiary/aromatic N) is 2. The largest absolute Gasteiger partial charge is 0.364 e. The fraction of sp³-hybridized carbons (Fsp3) is 0.214. The monoisotopic (exact) mass is 308 g/mol. The van der Waals surface area contributed by atoms with Crippen LogP contribution in [0.3, 0.4) is 0 Å². The Labute approximate surface area is 128 Å². The molecule has 21 heavy (non-hydrogen) atoms. The number of halogens is 1. The number of primary amides is 2. The molecule has 112 valence electrons. The van der Waals surface area contributed by atoms with Crippen LogP contribution < -0.4 is 11.5 Å². The van der Waals surface area contributed by atoms with Gasteiger partial charge in [-0.2, -0.15) is 5.10 Å². The van der Waals surface area contributed by atoms with Gasteiger partial charge in [-0.25, -0.2) is 0 Å². The Morgan fingerprint density at radius 2 is 1.71 bits per heavy atom. The summed E-state index contributed by atoms with van der Waals surface area (Å²) in [6, 6.07) is 9.27. The van der Waals surface area contributed by atoms with Crippen molar-refractivity contribution in [3.8, 4) is 0 Å². The zero-order chi connectivity index (χ0) is 14.9. The van der Waals surface area contributed by atoms with Crippen LogP contribution in [0.4, 0.5) is 0 Å². The highest BCUT2D eigenvalue weighted by molar-refractivity contribution is 5.99. The van der Waals surface area contributed by atoms with Gasteiger partial charge in [-0.3, -0.25) is 14.3 Å². The molecule has 2 amide bonds. The fourth-order valence-corrected chi connectivity index (χ4v) is 2.20. The van der Waals surface area contributed by atoms with Crippen LogP contribution in [-0.2, 0) is 0 Å². The lowest BCUT2D eigenvalue weighted by atomic mass is 10.1. The molecule has 1 atom stereocenters. The summed E-state index contributed by atoms with van der Waals surface area (Å²) in [5, 5.41) is 4.15. The standard InChI is InChI=1S/C14H16N4O2.ClH/c1-8-11(13(15)19)17-18(12(8)14(16)20)9(2)10-6-4-3-5-7-10;/h3-7,9H,1-2H3,(H2,15,19)(H2,16,20);1H/t9-;/m0./s1. The Hall–Kier alpha value is -2.34. The third-order valence-electron chi connectivity index (χ3n) is 3.26. The molecule has 0 fully saturated rings. The van der Waals surface area contributed by atoms with Crippen molar-refractivity contribution in [2.24, 2.45) is 11.5 Å². The number of rotatable bonds is 4. The zero-order valence-electron chi connectivity index (χ0n) is 11.7. The maximum atomic E-state index is 11.6. The summed E-state index contributed by atoms with van der Waals surface area (Å²) in [7, 11) is 0. The Balaban J connectivity index is 0.00000220. The zero-order valence-corrected chi connectivity index (χ0v) is 12.6. The Kier molecular flexibility index (Phi) is 5.10. The van der Waals surface area contributed by atoms with Crippen LogP contribution in [0, 0.1) is 6.92 Å². The first-order chi connectivity index (χ1) is 9.43. The molecule has 4 N–H and O–H groups in total. The second kappa shape index (κ2) is 6.41. The maximum Gasteiger partial charge on any atom is 0.269 e. The van der Waals surface area contributed by atoms with Gasteiger partial charge in [0.15, 0.2) is 5.69 Å². The third kappa shape index (κ3) is 3.05. The molecular weight excluding hydrogens is 292 g/mol. The van der Waals surface area contributed by atoms with E-state index in [1.165, 1.54) is 4.68 Å². The van der Waals surface area contributed by atoms with Crippen molar-refractivity contribution in [3.05, 3.63) is 52.8 Å². The molecule has 0 aliphatic carbocycles. The molecule has 0 aliphatic heterocycles. The first-order valence-electron chi connectivity index (χ1n) is 6.17. The Bertz CT molecular complexity index is 667. The molecular formula is C14H17ClN4O2. The van der Waals surface area contributed by atoms with E-state index < -0.39 is 11.8 Å². The second-order valence-electron chi connectivity index (χ2n) is 4.58. The van der Waals surface area contributed by atoms with Crippen LogP contribution in [0.1, 0.15) is 45.1 Å². The van der Waals surface area contributed by atoms with E-state index in [4.69, 9.17) is 11.5 Å². The highest BCUT2D eigenvalue weighted by Crippen LogP contribution is 2.22. The van der Waals surface area contributed by atoms with Crippen molar-refractivity contribution in [2.75, 3.05) is 0 Å². The van der Waals surface area contributed by atoms with Crippen LogP contribution in [0.15, 0.2) is 30.3 Å². The van der Waals surface area contributed by atoms with Crippen molar-refractivity contribution in [1.29, 1.82) is 0 Å². The number of carbonyl (C=O) groups is 2. The topological polar surface area (TPSA) is 104 Å². The molecule has 6 nitrogen and oxygen atoms in total. The number of amides is 2. The number of aromatic nitrogens is 2. The predicted molar refractivity (Wildman–Crippen MR) is 81.5 cm³/mol. The summed E-state index contributed by atoms with van der Waals surface area (Å²) in [6.07, 6.45) is 0. The van der Waals surface area contributed by atoms with Gasteiger partial charge >= 0.3 is 0 Å². The van der Waals surface area contributed by atoms with Gasteiger partial charge in [0.05, 0.1) is 6.04 Å². The number of carbonyl (C=O) groups excluding carboxylic acids is 2. The van der Waals surface area contributed by atoms with E-state index >= 15 is 0 Å². The SMILES string of the molecule is Cc1c(C(N)=O)nn([C@@H](C)c2ccccc2)c1C(N)=O.Cl. The number of nitrogens with two attached hydrogens (primary N) is 2. The molecule has 0 bridgehead atoms. The van der Waals surface area contributed by atoms with Gasteiger partial charge in [0.1, 0.15) is 5.69 Å². The van der Waals surface area contributed by atoms with Crippen molar-refractivity contribution >= 4 is 24.2 Å². The van der Waals surface area contributed by atoms with Gasteiger partial charge in [0.25, 0.3) is 11.8 Å². The Morgan fingerprint density at radius 3 is 2.19 bits per heavy atom. The van der Waals surface area contributed by atoms with Gasteiger partial charge < -0.3 is 11.5 Å². The molecule has 1 aromatic heterocycles. The fourth-order valence-electron chi connectivity index (χ4n) is 2.20. The van der Waals surface area contributed by atoms with E-state index in [2.05, 4.69) is 5.10 Å². The average molecular weight is 309 g/mol. The summed E-state index contributed by atoms with van der Waals surface area (Å²) >= 11 is 0. The summed E-state index contributed by atoms with van der Waals surface area (Å²) in [5.41, 5.74) is 12.3. The number of benzene rings is 1. The van der Waals surface area contributed by atoms with E-state index in [0.29, 0.717) is 5.56 Å². The Morgan fingerprint density at radius 1 is 1.14 bits per heavy atom. The molecule has 7 heteroatoms. The van der Waals surface area contributed by atoms with Gasteiger partial charge in [0.2, 0.25) is 0 Å². The van der Waals surface area contributed by atoms with E-state index in [1.807, 2.05) is 37.3 Å². The summed E-state index contributed by atoms with van der Waals surface area (Å²) in [6.45, 7) is 3.49. The van der Waals surface area contributed by atoms with E-state index in [1.54, 1.807) is 6.92 Å². The van der Waals surface area contributed by atoms with Crippen LogP contribution in [-0.4, -0.2) is 21.6 Å². The van der Waals surface area contributed by atoms with Gasteiger partial charge in [-0.05, 0) is 19.4 Å². The quantitative estimate of drug-likeness (QED) is 0.892. The highest BCUT2D eigenvalue weighted by Gasteiger charge is 2.24. The average Bonchev–Trinajstić information content (AvgIpc) is 2.76. The molecule has 0 saturated carbocycles. The lowest BCUT2D eigenvalue weighted by Crippen LogP contribution is -2.21. The lowest BCUT2D eigenvalue weighted by molar-refractivity contribution is 0.0982. The molecule has 0 saturated heterocycles. The molecule has 2 rings (SSSR count). The van der Waals surface area contributed by atoms with E-state index in [9.17, 15) is 9.59 Å². The van der Waals surface area contributed by atoms with E-state index in [-0.39, 0.29) is 29.8 Å². The van der Waals surface area contributed by atoms with Gasteiger partial charge in [-0.15, -0.1) is 12.4 Å². The van der Waals surface area contributed by atoms with Gasteiger partial charge in [0, 0.05) is 5.56 Å². The third-order valence-corrected chi connectivity index (χ3v) is 3.26. The van der Waals surface area contributed by atoms with Crippen molar-refractivity contribution in [1.82, 2.24) is 9.78 Å². The van der Waals surface area contributed by atoms with Crippen LogP contribution in [0.25, 0.3) is 0 Å². The highest BCUT2D eigenvalue weighted by atomic mass is 35.5. The van der Waals surface area contributed by atoms with E-state index in [0.717, 1.165) is 5.56 Å². The summed E-state index contributed by atoms with van der Waals surface area (Å²) < 4.78 is 1.45. The molecule has 1 heterocycles. The smallest absolute Gasteiger partial charge is 0.269 e. The number of hydrogen-bond acceptors (Lipinski definition) is 3. The van der Waals surface area contributed by atoms with Crippen LogP contribution in [0.2, 0.25) is 0 Å². The molecule has 0 unspecified atom stereocenters. The second-order valence-corrected chi connectivity index (χ2v) is 4.58. The molecule has 0 spiro atoms. The minimum Gasteiger partial charge on any atom is -0.364 e. The lowest BCUT2D eigenvalue weighted by Gasteiger charge is -2.15. The minimum absolute atomic E-state index is 0. The van der Waals surface area contributed by atoms with Gasteiger partial charge in [-0.1, -0.05) is 30.3 Å². The molecule has 2 aromatic rings.